The molecule has 2 heterocycles. The van der Waals surface area contributed by atoms with E-state index in [4.69, 9.17) is 0 Å². The van der Waals surface area contributed by atoms with Gasteiger partial charge in [-0.05, 0) is 15.9 Å². The highest BCUT2D eigenvalue weighted by molar-refractivity contribution is 9.10. The maximum Gasteiger partial charge on any atom is 0.214 e. The molecule has 56 valence electrons. The highest BCUT2D eigenvalue weighted by atomic mass is 79.9. The molecule has 0 unspecified atom stereocenters. The molecule has 6 heteroatoms. The first-order valence-electron chi connectivity index (χ1n) is 2.82. The number of halogens is 1. The number of hydrogen-bond acceptors (Lipinski definition) is 4. The minimum atomic E-state index is 0.327. The standard InChI is InChI=1S/C5H3BrN4O/c6-5-9-3-1-7-2-8-4(3)10(5)11/h1-2,11H. The maximum atomic E-state index is 9.22. The Hall–Kier alpha value is -1.17. The van der Waals surface area contributed by atoms with Gasteiger partial charge in [0.2, 0.25) is 4.73 Å². The van der Waals surface area contributed by atoms with Crippen LogP contribution in [-0.2, 0) is 0 Å². The van der Waals surface area contributed by atoms with Crippen LogP contribution >= 0.6 is 15.9 Å². The molecule has 0 atom stereocenters. The van der Waals surface area contributed by atoms with Crippen LogP contribution in [0.5, 0.6) is 0 Å². The van der Waals surface area contributed by atoms with Crippen LogP contribution in [0.1, 0.15) is 0 Å². The summed E-state index contributed by atoms with van der Waals surface area (Å²) in [5.74, 6) is 0. The highest BCUT2D eigenvalue weighted by Crippen LogP contribution is 2.13. The molecule has 0 aliphatic carbocycles. The van der Waals surface area contributed by atoms with Gasteiger partial charge >= 0.3 is 0 Å². The first-order valence-corrected chi connectivity index (χ1v) is 3.61. The molecule has 0 fully saturated rings. The fraction of sp³-hybridized carbons (Fsp3) is 0. The third-order valence-corrected chi connectivity index (χ3v) is 1.77. The lowest BCUT2D eigenvalue weighted by Crippen LogP contribution is -1.91. The van der Waals surface area contributed by atoms with Crippen molar-refractivity contribution < 1.29 is 5.21 Å². The monoisotopic (exact) mass is 214 g/mol. The lowest BCUT2D eigenvalue weighted by atomic mass is 10.6. The smallest absolute Gasteiger partial charge is 0.214 e. The quantitative estimate of drug-likeness (QED) is 0.522. The van der Waals surface area contributed by atoms with Gasteiger partial charge in [0.05, 0.1) is 6.20 Å². The van der Waals surface area contributed by atoms with Crippen LogP contribution in [0.15, 0.2) is 17.3 Å². The largest absolute Gasteiger partial charge is 0.424 e. The molecule has 0 aliphatic rings. The van der Waals surface area contributed by atoms with Crippen LogP contribution in [0.25, 0.3) is 11.2 Å². The number of rotatable bonds is 0. The van der Waals surface area contributed by atoms with E-state index in [1.54, 1.807) is 0 Å². The summed E-state index contributed by atoms with van der Waals surface area (Å²) in [4.78, 5) is 11.5. The van der Waals surface area contributed by atoms with Gasteiger partial charge < -0.3 is 5.21 Å². The van der Waals surface area contributed by atoms with Crippen molar-refractivity contribution in [2.75, 3.05) is 0 Å². The van der Waals surface area contributed by atoms with Crippen molar-refractivity contribution in [3.05, 3.63) is 17.3 Å². The molecule has 11 heavy (non-hydrogen) atoms. The zero-order valence-electron chi connectivity index (χ0n) is 5.27. The van der Waals surface area contributed by atoms with E-state index < -0.39 is 0 Å². The Labute approximate surface area is 69.8 Å². The summed E-state index contributed by atoms with van der Waals surface area (Å²) in [5, 5.41) is 9.22. The number of hydrogen-bond donors (Lipinski definition) is 1. The molecule has 0 saturated heterocycles. The van der Waals surface area contributed by atoms with Gasteiger partial charge in [-0.1, -0.05) is 0 Å². The first kappa shape index (κ1) is 6.53. The van der Waals surface area contributed by atoms with Crippen LogP contribution in [0, 0.1) is 0 Å². The summed E-state index contributed by atoms with van der Waals surface area (Å²) in [7, 11) is 0. The average Bonchev–Trinajstić information content (AvgIpc) is 2.30. The summed E-state index contributed by atoms with van der Waals surface area (Å²) < 4.78 is 1.18. The molecule has 0 saturated carbocycles. The van der Waals surface area contributed by atoms with Gasteiger partial charge in [0.1, 0.15) is 11.8 Å². The van der Waals surface area contributed by atoms with E-state index in [9.17, 15) is 5.21 Å². The number of aromatic nitrogens is 4. The van der Waals surface area contributed by atoms with Crippen molar-refractivity contribution in [3.8, 4) is 0 Å². The molecule has 0 aromatic carbocycles. The average molecular weight is 215 g/mol. The van der Waals surface area contributed by atoms with Gasteiger partial charge in [0.15, 0.2) is 5.65 Å². The summed E-state index contributed by atoms with van der Waals surface area (Å²) >= 11 is 3.04. The third kappa shape index (κ3) is 0.864. The third-order valence-electron chi connectivity index (χ3n) is 1.26. The molecular formula is C5H3BrN4O. The second-order valence-corrected chi connectivity index (χ2v) is 2.63. The lowest BCUT2D eigenvalue weighted by molar-refractivity contribution is 0.189. The van der Waals surface area contributed by atoms with Crippen molar-refractivity contribution in [1.82, 2.24) is 19.7 Å². The molecule has 5 nitrogen and oxygen atoms in total. The van der Waals surface area contributed by atoms with Gasteiger partial charge in [0, 0.05) is 0 Å². The SMILES string of the molecule is On1c(Br)nc2cncnc21. The Morgan fingerprint density at radius 2 is 2.36 bits per heavy atom. The van der Waals surface area contributed by atoms with E-state index in [1.165, 1.54) is 12.5 Å². The van der Waals surface area contributed by atoms with E-state index in [0.29, 0.717) is 15.9 Å². The molecular weight excluding hydrogens is 212 g/mol. The summed E-state index contributed by atoms with van der Waals surface area (Å²) in [6.45, 7) is 0. The van der Waals surface area contributed by atoms with Gasteiger partial charge in [-0.2, -0.15) is 0 Å². The first-order chi connectivity index (χ1) is 5.29. The van der Waals surface area contributed by atoms with Crippen molar-refractivity contribution in [1.29, 1.82) is 0 Å². The van der Waals surface area contributed by atoms with E-state index in [2.05, 4.69) is 30.9 Å². The minimum absolute atomic E-state index is 0.327. The van der Waals surface area contributed by atoms with E-state index in [0.717, 1.165) is 4.73 Å². The zero-order chi connectivity index (χ0) is 7.84. The summed E-state index contributed by atoms with van der Waals surface area (Å²) in [6, 6.07) is 0. The van der Waals surface area contributed by atoms with Gasteiger partial charge in [-0.15, -0.1) is 4.73 Å². The van der Waals surface area contributed by atoms with E-state index >= 15 is 0 Å². The fourth-order valence-electron chi connectivity index (χ4n) is 0.792. The van der Waals surface area contributed by atoms with Crippen molar-refractivity contribution in [2.45, 2.75) is 0 Å². The minimum Gasteiger partial charge on any atom is -0.424 e. The summed E-state index contributed by atoms with van der Waals surface area (Å²) in [6.07, 6.45) is 2.88. The van der Waals surface area contributed by atoms with Gasteiger partial charge in [-0.3, -0.25) is 0 Å². The normalized spacial score (nSPS) is 10.6. The number of fused-ring (bicyclic) bond motifs is 1. The van der Waals surface area contributed by atoms with Crippen LogP contribution in [-0.4, -0.2) is 24.9 Å². The van der Waals surface area contributed by atoms with Gasteiger partial charge in [-0.25, -0.2) is 15.0 Å². The molecule has 0 bridgehead atoms. The van der Waals surface area contributed by atoms with Crippen LogP contribution in [0.2, 0.25) is 0 Å². The fourth-order valence-corrected chi connectivity index (χ4v) is 1.15. The molecule has 2 aromatic rings. The van der Waals surface area contributed by atoms with E-state index in [-0.39, 0.29) is 0 Å². The van der Waals surface area contributed by atoms with E-state index in [1.807, 2.05) is 0 Å². The predicted octanol–water partition coefficient (Wildman–Crippen LogP) is 0.826. The molecule has 1 N–H and O–H groups in total. The number of imidazole rings is 1. The predicted molar refractivity (Wildman–Crippen MR) is 40.2 cm³/mol. The molecule has 2 aromatic heterocycles. The van der Waals surface area contributed by atoms with Crippen molar-refractivity contribution in [3.63, 3.8) is 0 Å². The van der Waals surface area contributed by atoms with Crippen LogP contribution in [0.3, 0.4) is 0 Å². The molecule has 2 rings (SSSR count). The van der Waals surface area contributed by atoms with Crippen molar-refractivity contribution >= 4 is 27.1 Å². The Morgan fingerprint density at radius 1 is 1.55 bits per heavy atom. The topological polar surface area (TPSA) is 63.8 Å². The molecule has 0 spiro atoms. The number of nitrogens with zero attached hydrogens (tertiary/aromatic N) is 4. The Kier molecular flexibility index (Phi) is 1.28. The Balaban J connectivity index is 2.92. The Bertz CT molecular complexity index is 398. The Morgan fingerprint density at radius 3 is 3.09 bits per heavy atom. The lowest BCUT2D eigenvalue weighted by Gasteiger charge is -1.89. The second kappa shape index (κ2) is 2.16. The van der Waals surface area contributed by atoms with Crippen LogP contribution in [0.4, 0.5) is 0 Å². The molecule has 0 radical (unpaired) electrons. The molecule has 0 amide bonds. The van der Waals surface area contributed by atoms with Crippen LogP contribution < -0.4 is 0 Å². The van der Waals surface area contributed by atoms with Gasteiger partial charge in [0.25, 0.3) is 0 Å². The molecule has 0 aliphatic heterocycles. The maximum absolute atomic E-state index is 9.22. The zero-order valence-corrected chi connectivity index (χ0v) is 6.85. The van der Waals surface area contributed by atoms with Crippen molar-refractivity contribution in [2.24, 2.45) is 0 Å². The second-order valence-electron chi connectivity index (χ2n) is 1.92. The summed E-state index contributed by atoms with van der Waals surface area (Å²) in [5.41, 5.74) is 0.953. The highest BCUT2D eigenvalue weighted by Gasteiger charge is 2.06.